The van der Waals surface area contributed by atoms with Crippen molar-refractivity contribution in [3.63, 3.8) is 0 Å². The van der Waals surface area contributed by atoms with Gasteiger partial charge in [-0.25, -0.2) is 0 Å². The average Bonchev–Trinajstić information content (AvgIpc) is 3.17. The predicted molar refractivity (Wildman–Crippen MR) is 140 cm³/mol. The van der Waals surface area contributed by atoms with Crippen LogP contribution in [0.3, 0.4) is 0 Å². The van der Waals surface area contributed by atoms with Crippen LogP contribution in [0.2, 0.25) is 0 Å². The van der Waals surface area contributed by atoms with Crippen molar-refractivity contribution in [2.45, 2.75) is 32.5 Å². The standard InChI is InChI=1S/C29H30N2O7/c1-17(2)38-21-10-8-19(9-11-21)26(32)24-25(20-13-22(35-3)28(37-5)23(14-20)36-4)31(29(34)27(24)33)16-18-7-6-12-30-15-18/h6-15,17,25,32H,16H2,1-5H3/b26-24+. The highest BCUT2D eigenvalue weighted by atomic mass is 16.5. The van der Waals surface area contributed by atoms with Crippen molar-refractivity contribution in [3.8, 4) is 23.0 Å². The molecule has 9 heteroatoms. The Kier molecular flexibility index (Phi) is 7.85. The SMILES string of the molecule is COc1cc(C2/C(=C(\O)c3ccc(OC(C)C)cc3)C(=O)C(=O)N2Cc2cccnc2)cc(OC)c1OC. The van der Waals surface area contributed by atoms with E-state index in [0.717, 1.165) is 5.56 Å². The van der Waals surface area contributed by atoms with Crippen LogP contribution in [-0.2, 0) is 16.1 Å². The Labute approximate surface area is 221 Å². The number of rotatable bonds is 9. The number of methoxy groups -OCH3 is 3. The number of carbonyl (C=O) groups excluding carboxylic acids is 2. The van der Waals surface area contributed by atoms with Crippen LogP contribution < -0.4 is 18.9 Å². The van der Waals surface area contributed by atoms with E-state index < -0.39 is 17.7 Å². The van der Waals surface area contributed by atoms with Crippen molar-refractivity contribution in [2.24, 2.45) is 0 Å². The number of amides is 1. The van der Waals surface area contributed by atoms with E-state index in [0.29, 0.717) is 34.1 Å². The molecule has 38 heavy (non-hydrogen) atoms. The molecule has 1 amide bonds. The number of aliphatic hydroxyl groups is 1. The highest BCUT2D eigenvalue weighted by Crippen LogP contribution is 2.46. The predicted octanol–water partition coefficient (Wildman–Crippen LogP) is 4.52. The highest BCUT2D eigenvalue weighted by Gasteiger charge is 2.46. The van der Waals surface area contributed by atoms with Crippen molar-refractivity contribution in [1.29, 1.82) is 0 Å². The number of hydrogen-bond donors (Lipinski definition) is 1. The summed E-state index contributed by atoms with van der Waals surface area (Å²) in [6, 6.07) is 12.7. The normalized spacial score (nSPS) is 16.6. The number of likely N-dealkylation sites (tertiary alicyclic amines) is 1. The molecular weight excluding hydrogens is 488 g/mol. The van der Waals surface area contributed by atoms with Gasteiger partial charge in [-0.1, -0.05) is 6.07 Å². The molecular formula is C29H30N2O7. The first-order valence-electron chi connectivity index (χ1n) is 12.0. The summed E-state index contributed by atoms with van der Waals surface area (Å²) in [5.74, 6) is -0.153. The number of carbonyl (C=O) groups is 2. The van der Waals surface area contributed by atoms with Crippen molar-refractivity contribution in [2.75, 3.05) is 21.3 Å². The summed E-state index contributed by atoms with van der Waals surface area (Å²) in [7, 11) is 4.45. The number of aliphatic hydroxyl groups excluding tert-OH is 1. The van der Waals surface area contributed by atoms with Crippen LogP contribution in [-0.4, -0.2) is 54.1 Å². The molecule has 1 aromatic heterocycles. The van der Waals surface area contributed by atoms with Gasteiger partial charge in [0.05, 0.1) is 39.0 Å². The van der Waals surface area contributed by atoms with Gasteiger partial charge in [-0.15, -0.1) is 0 Å². The van der Waals surface area contributed by atoms with E-state index in [4.69, 9.17) is 18.9 Å². The van der Waals surface area contributed by atoms with Crippen LogP contribution >= 0.6 is 0 Å². The number of benzene rings is 2. The van der Waals surface area contributed by atoms with Gasteiger partial charge < -0.3 is 29.0 Å². The van der Waals surface area contributed by atoms with Crippen LogP contribution in [0.15, 0.2) is 66.5 Å². The van der Waals surface area contributed by atoms with Gasteiger partial charge in [0.25, 0.3) is 11.7 Å². The first-order valence-corrected chi connectivity index (χ1v) is 12.0. The molecule has 1 unspecified atom stereocenters. The van der Waals surface area contributed by atoms with E-state index in [1.165, 1.54) is 26.2 Å². The molecule has 0 spiro atoms. The van der Waals surface area contributed by atoms with Gasteiger partial charge >= 0.3 is 0 Å². The number of hydrogen-bond acceptors (Lipinski definition) is 8. The maximum Gasteiger partial charge on any atom is 0.295 e. The lowest BCUT2D eigenvalue weighted by Crippen LogP contribution is -2.29. The summed E-state index contributed by atoms with van der Waals surface area (Å²) in [6.07, 6.45) is 3.23. The lowest BCUT2D eigenvalue weighted by molar-refractivity contribution is -0.140. The van der Waals surface area contributed by atoms with E-state index in [2.05, 4.69) is 4.98 Å². The quantitative estimate of drug-likeness (QED) is 0.250. The molecule has 1 aliphatic heterocycles. The van der Waals surface area contributed by atoms with Gasteiger partial charge in [-0.3, -0.25) is 14.6 Å². The molecule has 198 valence electrons. The molecule has 4 rings (SSSR count). The molecule has 1 atom stereocenters. The van der Waals surface area contributed by atoms with Gasteiger partial charge in [-0.2, -0.15) is 0 Å². The Hall–Kier alpha value is -4.53. The van der Waals surface area contributed by atoms with Crippen LogP contribution in [0.4, 0.5) is 0 Å². The highest BCUT2D eigenvalue weighted by molar-refractivity contribution is 6.46. The first kappa shape index (κ1) is 26.5. The number of ether oxygens (including phenoxy) is 4. The molecule has 9 nitrogen and oxygen atoms in total. The van der Waals surface area contributed by atoms with Gasteiger partial charge in [0.1, 0.15) is 11.5 Å². The maximum atomic E-state index is 13.4. The number of pyridine rings is 1. The smallest absolute Gasteiger partial charge is 0.295 e. The van der Waals surface area contributed by atoms with Crippen LogP contribution in [0.25, 0.3) is 5.76 Å². The second kappa shape index (κ2) is 11.2. The minimum atomic E-state index is -0.935. The summed E-state index contributed by atoms with van der Waals surface area (Å²) < 4.78 is 22.2. The maximum absolute atomic E-state index is 13.4. The van der Waals surface area contributed by atoms with Crippen LogP contribution in [0, 0.1) is 0 Å². The monoisotopic (exact) mass is 518 g/mol. The minimum absolute atomic E-state index is 0.0210. The zero-order valence-electron chi connectivity index (χ0n) is 21.9. The van der Waals surface area contributed by atoms with Crippen LogP contribution in [0.5, 0.6) is 23.0 Å². The second-order valence-corrected chi connectivity index (χ2v) is 8.94. The molecule has 1 N–H and O–H groups in total. The summed E-state index contributed by atoms with van der Waals surface area (Å²) in [4.78, 5) is 32.3. The van der Waals surface area contributed by atoms with E-state index in [-0.39, 0.29) is 24.0 Å². The fourth-order valence-corrected chi connectivity index (χ4v) is 4.46. The number of ketones is 1. The summed E-state index contributed by atoms with van der Waals surface area (Å²) >= 11 is 0. The Morgan fingerprint density at radius 2 is 1.66 bits per heavy atom. The van der Waals surface area contributed by atoms with Crippen molar-refractivity contribution in [3.05, 3.63) is 83.2 Å². The van der Waals surface area contributed by atoms with Crippen molar-refractivity contribution < 1.29 is 33.6 Å². The lowest BCUT2D eigenvalue weighted by Gasteiger charge is -2.26. The summed E-state index contributed by atoms with van der Waals surface area (Å²) in [6.45, 7) is 3.92. The van der Waals surface area contributed by atoms with Gasteiger partial charge in [-0.05, 0) is 67.4 Å². The van der Waals surface area contributed by atoms with E-state index in [9.17, 15) is 14.7 Å². The van der Waals surface area contributed by atoms with Crippen molar-refractivity contribution >= 4 is 17.4 Å². The fraction of sp³-hybridized carbons (Fsp3) is 0.276. The molecule has 2 aromatic carbocycles. The zero-order chi connectivity index (χ0) is 27.4. The van der Waals surface area contributed by atoms with Gasteiger partial charge in [0, 0.05) is 24.5 Å². The third-order valence-electron chi connectivity index (χ3n) is 6.12. The largest absolute Gasteiger partial charge is 0.507 e. The molecule has 0 aliphatic carbocycles. The molecule has 1 saturated heterocycles. The summed E-state index contributed by atoms with van der Waals surface area (Å²) in [5, 5.41) is 11.4. The topological polar surface area (TPSA) is 107 Å². The minimum Gasteiger partial charge on any atom is -0.507 e. The summed E-state index contributed by atoms with van der Waals surface area (Å²) in [5.41, 5.74) is 1.55. The Morgan fingerprint density at radius 1 is 1.00 bits per heavy atom. The molecule has 1 aliphatic rings. The average molecular weight is 519 g/mol. The fourth-order valence-electron chi connectivity index (χ4n) is 4.46. The second-order valence-electron chi connectivity index (χ2n) is 8.94. The molecule has 0 saturated carbocycles. The van der Waals surface area contributed by atoms with E-state index in [1.54, 1.807) is 54.9 Å². The van der Waals surface area contributed by atoms with E-state index in [1.807, 2.05) is 19.9 Å². The Morgan fingerprint density at radius 3 is 2.18 bits per heavy atom. The molecule has 1 fully saturated rings. The van der Waals surface area contributed by atoms with Gasteiger partial charge in [0.2, 0.25) is 5.75 Å². The molecule has 0 bridgehead atoms. The zero-order valence-corrected chi connectivity index (χ0v) is 21.9. The van der Waals surface area contributed by atoms with E-state index >= 15 is 0 Å². The Balaban J connectivity index is 1.89. The Bertz CT molecular complexity index is 1330. The molecule has 0 radical (unpaired) electrons. The first-order chi connectivity index (χ1) is 18.3. The van der Waals surface area contributed by atoms with Crippen molar-refractivity contribution in [1.82, 2.24) is 9.88 Å². The molecule has 2 heterocycles. The van der Waals surface area contributed by atoms with Gasteiger partial charge in [0.15, 0.2) is 11.5 Å². The van der Waals surface area contributed by atoms with Crippen LogP contribution in [0.1, 0.15) is 36.6 Å². The third kappa shape index (κ3) is 5.13. The number of Topliss-reactive ketones (excluding diaryl/α,β-unsaturated/α-hetero) is 1. The number of nitrogens with zero attached hydrogens (tertiary/aromatic N) is 2. The lowest BCUT2D eigenvalue weighted by atomic mass is 9.94. The number of aromatic nitrogens is 1. The molecule has 3 aromatic rings. The third-order valence-corrected chi connectivity index (χ3v) is 6.12.